The Morgan fingerprint density at radius 1 is 1.36 bits per heavy atom. The number of halogens is 4. The molecule has 0 saturated carbocycles. The summed E-state index contributed by atoms with van der Waals surface area (Å²) in [6.07, 6.45) is -3.47. The average molecular weight is 320 g/mol. The number of hydrogen-bond acceptors (Lipinski definition) is 2. The van der Waals surface area contributed by atoms with Gasteiger partial charge in [0.15, 0.2) is 0 Å². The van der Waals surface area contributed by atoms with E-state index in [0.717, 1.165) is 5.56 Å². The SMILES string of the molecule is O=C(NCCCOCC(F)(F)F)N1CCc2cc(F)ccc21. The first-order chi connectivity index (χ1) is 10.4. The van der Waals surface area contributed by atoms with Gasteiger partial charge in [-0.15, -0.1) is 0 Å². The van der Waals surface area contributed by atoms with E-state index in [4.69, 9.17) is 0 Å². The molecule has 0 spiro atoms. The third-order valence-electron chi connectivity index (χ3n) is 3.19. The molecule has 1 heterocycles. The number of urea groups is 1. The lowest BCUT2D eigenvalue weighted by molar-refractivity contribution is -0.173. The van der Waals surface area contributed by atoms with Gasteiger partial charge < -0.3 is 10.1 Å². The van der Waals surface area contributed by atoms with Crippen LogP contribution in [0.2, 0.25) is 0 Å². The van der Waals surface area contributed by atoms with E-state index >= 15 is 0 Å². The number of ether oxygens (including phenoxy) is 1. The normalized spacial score (nSPS) is 14.1. The minimum absolute atomic E-state index is 0.0818. The first kappa shape index (κ1) is 16.5. The van der Waals surface area contributed by atoms with E-state index in [-0.39, 0.29) is 31.4 Å². The Morgan fingerprint density at radius 3 is 2.86 bits per heavy atom. The standard InChI is InChI=1S/C14H16F4N2O2/c15-11-2-3-12-10(8-11)4-6-20(12)13(21)19-5-1-7-22-9-14(16,17)18/h2-3,8H,1,4-7,9H2,(H,19,21). The molecule has 2 rings (SSSR count). The van der Waals surface area contributed by atoms with Gasteiger partial charge in [-0.25, -0.2) is 9.18 Å². The van der Waals surface area contributed by atoms with Crippen LogP contribution in [0.15, 0.2) is 18.2 Å². The van der Waals surface area contributed by atoms with Crippen molar-refractivity contribution in [2.75, 3.05) is 31.2 Å². The Balaban J connectivity index is 1.71. The molecule has 2 amide bonds. The van der Waals surface area contributed by atoms with E-state index < -0.39 is 12.8 Å². The molecule has 22 heavy (non-hydrogen) atoms. The lowest BCUT2D eigenvalue weighted by Crippen LogP contribution is -2.39. The van der Waals surface area contributed by atoms with E-state index in [1.54, 1.807) is 6.07 Å². The molecule has 0 fully saturated rings. The van der Waals surface area contributed by atoms with Gasteiger partial charge in [0.25, 0.3) is 0 Å². The molecule has 122 valence electrons. The lowest BCUT2D eigenvalue weighted by atomic mass is 10.2. The van der Waals surface area contributed by atoms with Crippen molar-refractivity contribution < 1.29 is 27.1 Å². The molecule has 0 aromatic heterocycles. The molecule has 8 heteroatoms. The molecule has 0 unspecified atom stereocenters. The summed E-state index contributed by atoms with van der Waals surface area (Å²) in [5.74, 6) is -0.345. The number of anilines is 1. The highest BCUT2D eigenvalue weighted by molar-refractivity contribution is 5.94. The van der Waals surface area contributed by atoms with Gasteiger partial charge in [-0.3, -0.25) is 4.90 Å². The number of nitrogens with one attached hydrogen (secondary N) is 1. The van der Waals surface area contributed by atoms with Gasteiger partial charge in [-0.2, -0.15) is 13.2 Å². The van der Waals surface area contributed by atoms with Crippen LogP contribution in [0.25, 0.3) is 0 Å². The van der Waals surface area contributed by atoms with E-state index in [9.17, 15) is 22.4 Å². The number of fused-ring (bicyclic) bond motifs is 1. The van der Waals surface area contributed by atoms with Crippen LogP contribution in [-0.2, 0) is 11.2 Å². The molecule has 1 N–H and O–H groups in total. The predicted octanol–water partition coefficient (Wildman–Crippen LogP) is 2.87. The summed E-state index contributed by atoms with van der Waals surface area (Å²) in [4.78, 5) is 13.5. The third-order valence-corrected chi connectivity index (χ3v) is 3.19. The second kappa shape index (κ2) is 6.95. The van der Waals surface area contributed by atoms with Crippen LogP contribution in [0.3, 0.4) is 0 Å². The zero-order valence-electron chi connectivity index (χ0n) is 11.8. The Hall–Kier alpha value is -1.83. The van der Waals surface area contributed by atoms with Crippen molar-refractivity contribution in [3.8, 4) is 0 Å². The van der Waals surface area contributed by atoms with Crippen LogP contribution in [0.4, 0.5) is 28.0 Å². The maximum absolute atomic E-state index is 13.1. The summed E-state index contributed by atoms with van der Waals surface area (Å²) in [7, 11) is 0. The number of carbonyl (C=O) groups excluding carboxylic acids is 1. The van der Waals surface area contributed by atoms with E-state index in [1.807, 2.05) is 0 Å². The Bertz CT molecular complexity index is 534. The molecule has 0 radical (unpaired) electrons. The number of amides is 2. The molecule has 0 aliphatic carbocycles. The van der Waals surface area contributed by atoms with Crippen molar-refractivity contribution in [3.05, 3.63) is 29.6 Å². The average Bonchev–Trinajstić information content (AvgIpc) is 2.84. The number of benzene rings is 1. The molecule has 1 aliphatic rings. The number of alkyl halides is 3. The predicted molar refractivity (Wildman–Crippen MR) is 72.3 cm³/mol. The van der Waals surface area contributed by atoms with Gasteiger partial charge >= 0.3 is 12.2 Å². The van der Waals surface area contributed by atoms with Crippen LogP contribution in [0.1, 0.15) is 12.0 Å². The molecular formula is C14H16F4N2O2. The van der Waals surface area contributed by atoms with Gasteiger partial charge in [-0.05, 0) is 36.6 Å². The Morgan fingerprint density at radius 2 is 2.14 bits per heavy atom. The highest BCUT2D eigenvalue weighted by Crippen LogP contribution is 2.28. The maximum Gasteiger partial charge on any atom is 0.411 e. The van der Waals surface area contributed by atoms with Crippen molar-refractivity contribution >= 4 is 11.7 Å². The van der Waals surface area contributed by atoms with Gasteiger partial charge in [-0.1, -0.05) is 0 Å². The van der Waals surface area contributed by atoms with Gasteiger partial charge in [0.2, 0.25) is 0 Å². The molecule has 0 saturated heterocycles. The first-order valence-corrected chi connectivity index (χ1v) is 6.85. The van der Waals surface area contributed by atoms with Gasteiger partial charge in [0.1, 0.15) is 12.4 Å². The molecule has 1 aliphatic heterocycles. The zero-order valence-corrected chi connectivity index (χ0v) is 11.8. The largest absolute Gasteiger partial charge is 0.411 e. The molecule has 1 aromatic carbocycles. The summed E-state index contributed by atoms with van der Waals surface area (Å²) in [6.45, 7) is -0.702. The maximum atomic E-state index is 13.1. The fourth-order valence-electron chi connectivity index (χ4n) is 2.23. The van der Waals surface area contributed by atoms with Crippen LogP contribution in [0, 0.1) is 5.82 Å². The summed E-state index contributed by atoms with van der Waals surface area (Å²) >= 11 is 0. The van der Waals surface area contributed by atoms with Crippen molar-refractivity contribution in [1.82, 2.24) is 5.32 Å². The summed E-state index contributed by atoms with van der Waals surface area (Å²) in [6, 6.07) is 3.88. The minimum Gasteiger partial charge on any atom is -0.372 e. The number of carbonyl (C=O) groups is 1. The topological polar surface area (TPSA) is 41.6 Å². The number of nitrogens with zero attached hydrogens (tertiary/aromatic N) is 1. The summed E-state index contributed by atoms with van der Waals surface area (Å²) in [5.41, 5.74) is 1.43. The Labute approximate surface area is 125 Å². The molecule has 1 aromatic rings. The summed E-state index contributed by atoms with van der Waals surface area (Å²) in [5, 5.41) is 2.61. The number of rotatable bonds is 5. The highest BCUT2D eigenvalue weighted by atomic mass is 19.4. The van der Waals surface area contributed by atoms with Gasteiger partial charge in [0, 0.05) is 25.4 Å². The molecular weight excluding hydrogens is 304 g/mol. The van der Waals surface area contributed by atoms with E-state index in [2.05, 4.69) is 10.1 Å². The third kappa shape index (κ3) is 4.59. The van der Waals surface area contributed by atoms with E-state index in [1.165, 1.54) is 17.0 Å². The minimum atomic E-state index is -4.34. The van der Waals surface area contributed by atoms with Crippen LogP contribution >= 0.6 is 0 Å². The van der Waals surface area contributed by atoms with Crippen LogP contribution in [-0.4, -0.2) is 38.5 Å². The van der Waals surface area contributed by atoms with Crippen LogP contribution < -0.4 is 10.2 Å². The van der Waals surface area contributed by atoms with Crippen molar-refractivity contribution in [3.63, 3.8) is 0 Å². The Kier molecular flexibility index (Phi) is 5.23. The van der Waals surface area contributed by atoms with E-state index in [0.29, 0.717) is 18.7 Å². The summed E-state index contributed by atoms with van der Waals surface area (Å²) < 4.78 is 53.0. The molecule has 4 nitrogen and oxygen atoms in total. The smallest absolute Gasteiger partial charge is 0.372 e. The quantitative estimate of drug-likeness (QED) is 0.669. The number of hydrogen-bond donors (Lipinski definition) is 1. The van der Waals surface area contributed by atoms with Crippen molar-refractivity contribution in [2.45, 2.75) is 19.0 Å². The molecule has 0 atom stereocenters. The fraction of sp³-hybridized carbons (Fsp3) is 0.500. The second-order valence-electron chi connectivity index (χ2n) is 4.93. The van der Waals surface area contributed by atoms with Crippen LogP contribution in [0.5, 0.6) is 0 Å². The molecule has 0 bridgehead atoms. The lowest BCUT2D eigenvalue weighted by Gasteiger charge is -2.18. The van der Waals surface area contributed by atoms with Crippen molar-refractivity contribution in [1.29, 1.82) is 0 Å². The highest BCUT2D eigenvalue weighted by Gasteiger charge is 2.27. The fourth-order valence-corrected chi connectivity index (χ4v) is 2.23. The zero-order chi connectivity index (χ0) is 16.2. The second-order valence-corrected chi connectivity index (χ2v) is 4.93. The first-order valence-electron chi connectivity index (χ1n) is 6.85. The monoisotopic (exact) mass is 320 g/mol. The van der Waals surface area contributed by atoms with Gasteiger partial charge in [0.05, 0.1) is 0 Å². The van der Waals surface area contributed by atoms with Crippen molar-refractivity contribution in [2.24, 2.45) is 0 Å².